The molecule has 0 fully saturated rings. The van der Waals surface area contributed by atoms with Gasteiger partial charge in [-0.25, -0.2) is 9.97 Å². The van der Waals surface area contributed by atoms with Crippen molar-refractivity contribution >= 4 is 17.2 Å². The number of rotatable bonds is 4. The molecule has 0 spiro atoms. The van der Waals surface area contributed by atoms with Gasteiger partial charge in [0.2, 0.25) is 0 Å². The van der Waals surface area contributed by atoms with Crippen molar-refractivity contribution in [3.8, 4) is 6.07 Å². The molecule has 0 bridgehead atoms. The monoisotopic (exact) mass is 244 g/mol. The molecule has 0 saturated carbocycles. The average Bonchev–Trinajstić information content (AvgIpc) is 2.84. The molecular formula is C12H12N4S. The van der Waals surface area contributed by atoms with Crippen LogP contribution in [0.2, 0.25) is 0 Å². The van der Waals surface area contributed by atoms with Crippen molar-refractivity contribution in [1.29, 1.82) is 5.26 Å². The van der Waals surface area contributed by atoms with Crippen LogP contribution in [0.25, 0.3) is 0 Å². The van der Waals surface area contributed by atoms with Crippen molar-refractivity contribution in [2.24, 2.45) is 0 Å². The van der Waals surface area contributed by atoms with E-state index in [9.17, 15) is 0 Å². The third kappa shape index (κ3) is 3.02. The molecule has 0 atom stereocenters. The van der Waals surface area contributed by atoms with Crippen LogP contribution in [0.4, 0.5) is 5.82 Å². The van der Waals surface area contributed by atoms with Crippen LogP contribution < -0.4 is 5.32 Å². The molecule has 2 rings (SSSR count). The summed E-state index contributed by atoms with van der Waals surface area (Å²) >= 11 is 1.70. The summed E-state index contributed by atoms with van der Waals surface area (Å²) in [5, 5.41) is 12.9. The number of anilines is 1. The lowest BCUT2D eigenvalue weighted by Gasteiger charge is -2.02. The lowest BCUT2D eigenvalue weighted by atomic mass is 10.3. The molecule has 0 saturated heterocycles. The number of hydrogen-bond donors (Lipinski definition) is 1. The summed E-state index contributed by atoms with van der Waals surface area (Å²) in [5.74, 6) is 0.706. The largest absolute Gasteiger partial charge is 0.364 e. The van der Waals surface area contributed by atoms with E-state index in [1.165, 1.54) is 4.88 Å². The van der Waals surface area contributed by atoms with Crippen molar-refractivity contribution < 1.29 is 0 Å². The predicted octanol–water partition coefficient (Wildman–Crippen LogP) is 2.58. The Morgan fingerprint density at radius 1 is 1.47 bits per heavy atom. The van der Waals surface area contributed by atoms with Crippen molar-refractivity contribution in [3.05, 3.63) is 40.0 Å². The second-order valence-corrected chi connectivity index (χ2v) is 4.65. The van der Waals surface area contributed by atoms with Gasteiger partial charge in [0.05, 0.1) is 6.54 Å². The highest BCUT2D eigenvalue weighted by Gasteiger charge is 2.01. The second-order valence-electron chi connectivity index (χ2n) is 3.45. The van der Waals surface area contributed by atoms with E-state index in [0.29, 0.717) is 18.1 Å². The molecule has 0 aliphatic carbocycles. The lowest BCUT2D eigenvalue weighted by Crippen LogP contribution is -2.01. The maximum absolute atomic E-state index is 8.73. The number of aryl methyl sites for hydroxylation is 1. The topological polar surface area (TPSA) is 61.6 Å². The predicted molar refractivity (Wildman–Crippen MR) is 67.8 cm³/mol. The van der Waals surface area contributed by atoms with Gasteiger partial charge in [0.1, 0.15) is 22.6 Å². The zero-order chi connectivity index (χ0) is 12.1. The van der Waals surface area contributed by atoms with Crippen molar-refractivity contribution in [3.63, 3.8) is 0 Å². The van der Waals surface area contributed by atoms with Crippen LogP contribution in [-0.4, -0.2) is 9.97 Å². The molecule has 0 aromatic carbocycles. The summed E-state index contributed by atoms with van der Waals surface area (Å²) in [6.07, 6.45) is 2.92. The van der Waals surface area contributed by atoms with Crippen LogP contribution in [0.5, 0.6) is 0 Å². The first-order chi connectivity index (χ1) is 8.31. The molecule has 2 aromatic heterocycles. The van der Waals surface area contributed by atoms with Crippen LogP contribution >= 0.6 is 11.3 Å². The van der Waals surface area contributed by atoms with Gasteiger partial charge in [0, 0.05) is 11.1 Å². The Hall–Kier alpha value is -1.93. The number of thiazole rings is 1. The third-order valence-electron chi connectivity index (χ3n) is 2.23. The summed E-state index contributed by atoms with van der Waals surface area (Å²) < 4.78 is 0. The Morgan fingerprint density at radius 3 is 3.06 bits per heavy atom. The van der Waals surface area contributed by atoms with Gasteiger partial charge in [-0.15, -0.1) is 11.3 Å². The maximum atomic E-state index is 8.73. The fourth-order valence-electron chi connectivity index (χ4n) is 1.35. The zero-order valence-electron chi connectivity index (χ0n) is 9.47. The minimum Gasteiger partial charge on any atom is -0.364 e. The van der Waals surface area contributed by atoms with Gasteiger partial charge in [-0.3, -0.25) is 0 Å². The first-order valence-corrected chi connectivity index (χ1v) is 6.18. The van der Waals surface area contributed by atoms with Gasteiger partial charge in [0.15, 0.2) is 0 Å². The lowest BCUT2D eigenvalue weighted by molar-refractivity contribution is 1.07. The molecule has 2 aromatic rings. The smallest absolute Gasteiger partial charge is 0.142 e. The van der Waals surface area contributed by atoms with Crippen LogP contribution in [0.15, 0.2) is 24.4 Å². The van der Waals surface area contributed by atoms with E-state index in [1.54, 1.807) is 17.4 Å². The Bertz CT molecular complexity index is 541. The minimum absolute atomic E-state index is 0.420. The average molecular weight is 244 g/mol. The van der Waals surface area contributed by atoms with Crippen LogP contribution in [0.3, 0.4) is 0 Å². The summed E-state index contributed by atoms with van der Waals surface area (Å²) in [6.45, 7) is 2.76. The maximum Gasteiger partial charge on any atom is 0.142 e. The third-order valence-corrected chi connectivity index (χ3v) is 3.38. The molecule has 17 heavy (non-hydrogen) atoms. The van der Waals surface area contributed by atoms with E-state index < -0.39 is 0 Å². The highest BCUT2D eigenvalue weighted by molar-refractivity contribution is 7.11. The number of hydrogen-bond acceptors (Lipinski definition) is 5. The summed E-state index contributed by atoms with van der Waals surface area (Å²) in [7, 11) is 0. The van der Waals surface area contributed by atoms with E-state index in [-0.39, 0.29) is 0 Å². The Morgan fingerprint density at radius 2 is 2.35 bits per heavy atom. The summed E-state index contributed by atoms with van der Waals surface area (Å²) in [6, 6.07) is 7.35. The standard InChI is InChI=1S/C12H12N4S/c1-2-10-7-15-12(17-10)8-14-11-5-3-4-9(6-13)16-11/h3-5,7H,2,8H2,1H3,(H,14,16). The van der Waals surface area contributed by atoms with E-state index in [4.69, 9.17) is 5.26 Å². The minimum atomic E-state index is 0.420. The highest BCUT2D eigenvalue weighted by Crippen LogP contribution is 2.14. The molecule has 2 heterocycles. The van der Waals surface area contributed by atoms with Crippen LogP contribution in [0.1, 0.15) is 22.5 Å². The number of aromatic nitrogens is 2. The van der Waals surface area contributed by atoms with Gasteiger partial charge in [-0.05, 0) is 18.6 Å². The van der Waals surface area contributed by atoms with Crippen molar-refractivity contribution in [2.75, 3.05) is 5.32 Å². The van der Waals surface area contributed by atoms with Gasteiger partial charge in [-0.2, -0.15) is 5.26 Å². The molecule has 1 N–H and O–H groups in total. The molecule has 86 valence electrons. The highest BCUT2D eigenvalue weighted by atomic mass is 32.1. The number of nitrogens with one attached hydrogen (secondary N) is 1. The normalized spacial score (nSPS) is 9.88. The van der Waals surface area contributed by atoms with E-state index in [1.807, 2.05) is 24.4 Å². The number of pyridine rings is 1. The first-order valence-electron chi connectivity index (χ1n) is 5.36. The Kier molecular flexibility index (Phi) is 3.68. The molecule has 4 nitrogen and oxygen atoms in total. The van der Waals surface area contributed by atoms with Gasteiger partial charge < -0.3 is 5.32 Å². The van der Waals surface area contributed by atoms with E-state index in [2.05, 4.69) is 22.2 Å². The SMILES string of the molecule is CCc1cnc(CNc2cccc(C#N)n2)s1. The zero-order valence-corrected chi connectivity index (χ0v) is 10.3. The number of nitriles is 1. The molecule has 0 aliphatic heterocycles. The quantitative estimate of drug-likeness (QED) is 0.898. The number of nitrogens with zero attached hydrogens (tertiary/aromatic N) is 3. The first kappa shape index (κ1) is 11.6. The summed E-state index contributed by atoms with van der Waals surface area (Å²) in [4.78, 5) is 9.72. The van der Waals surface area contributed by atoms with Crippen LogP contribution in [-0.2, 0) is 13.0 Å². The van der Waals surface area contributed by atoms with Crippen LogP contribution in [0, 0.1) is 11.3 Å². The van der Waals surface area contributed by atoms with E-state index >= 15 is 0 Å². The van der Waals surface area contributed by atoms with Gasteiger partial charge in [0.25, 0.3) is 0 Å². The summed E-state index contributed by atoms with van der Waals surface area (Å²) in [5.41, 5.74) is 0.420. The Balaban J connectivity index is 1.99. The molecule has 0 amide bonds. The van der Waals surface area contributed by atoms with Crippen molar-refractivity contribution in [2.45, 2.75) is 19.9 Å². The van der Waals surface area contributed by atoms with Crippen molar-refractivity contribution in [1.82, 2.24) is 9.97 Å². The fraction of sp³-hybridized carbons (Fsp3) is 0.250. The van der Waals surface area contributed by atoms with Gasteiger partial charge in [-0.1, -0.05) is 13.0 Å². The molecule has 5 heteroatoms. The second kappa shape index (κ2) is 5.41. The molecule has 0 aliphatic rings. The molecule has 0 radical (unpaired) electrons. The fourth-order valence-corrected chi connectivity index (χ4v) is 2.16. The molecule has 0 unspecified atom stereocenters. The molecular weight excluding hydrogens is 232 g/mol. The Labute approximate surface area is 104 Å². The van der Waals surface area contributed by atoms with Gasteiger partial charge >= 0.3 is 0 Å². The van der Waals surface area contributed by atoms with E-state index in [0.717, 1.165) is 11.4 Å².